The molecular weight excluding hydrogens is 324 g/mol. The van der Waals surface area contributed by atoms with Crippen LogP contribution < -0.4 is 14.8 Å². The lowest BCUT2D eigenvalue weighted by molar-refractivity contribution is -0.140. The topological polar surface area (TPSA) is 84.9 Å². The first kappa shape index (κ1) is 19.7. The van der Waals surface area contributed by atoms with Crippen molar-refractivity contribution >= 4 is 11.9 Å². The molecule has 134 valence electrons. The van der Waals surface area contributed by atoms with Crippen molar-refractivity contribution < 1.29 is 33.0 Å². The predicted octanol–water partition coefficient (Wildman–Crippen LogP) is 2.57. The van der Waals surface area contributed by atoms with Gasteiger partial charge in [0.2, 0.25) is 6.43 Å². The van der Waals surface area contributed by atoms with Crippen LogP contribution in [0.3, 0.4) is 0 Å². The monoisotopic (exact) mass is 345 g/mol. The molecule has 0 aliphatic rings. The lowest BCUT2D eigenvalue weighted by Gasteiger charge is -2.16. The van der Waals surface area contributed by atoms with Crippen molar-refractivity contribution in [3.05, 3.63) is 23.8 Å². The van der Waals surface area contributed by atoms with E-state index in [0.717, 1.165) is 0 Å². The van der Waals surface area contributed by atoms with Crippen molar-refractivity contribution in [2.45, 2.75) is 32.7 Å². The van der Waals surface area contributed by atoms with E-state index in [-0.39, 0.29) is 5.56 Å². The number of carbonyl (C=O) groups is 2. The summed E-state index contributed by atoms with van der Waals surface area (Å²) in [4.78, 5) is 23.0. The number of halogens is 2. The zero-order chi connectivity index (χ0) is 18.3. The fourth-order valence-corrected chi connectivity index (χ4v) is 1.83. The number of rotatable bonds is 9. The summed E-state index contributed by atoms with van der Waals surface area (Å²) >= 11 is 0. The van der Waals surface area contributed by atoms with E-state index in [4.69, 9.17) is 14.6 Å². The number of carboxylic acid groups (broad SMARTS) is 1. The summed E-state index contributed by atoms with van der Waals surface area (Å²) in [6, 6.07) is 2.63. The number of methoxy groups -OCH3 is 1. The van der Waals surface area contributed by atoms with Crippen molar-refractivity contribution in [2.24, 2.45) is 5.92 Å². The lowest BCUT2D eigenvalue weighted by atomic mass is 10.1. The Labute approximate surface area is 138 Å². The van der Waals surface area contributed by atoms with Gasteiger partial charge in [0.05, 0.1) is 13.7 Å². The van der Waals surface area contributed by atoms with Gasteiger partial charge in [-0.1, -0.05) is 13.8 Å². The van der Waals surface area contributed by atoms with Crippen LogP contribution in [0.2, 0.25) is 0 Å². The number of amides is 1. The van der Waals surface area contributed by atoms with E-state index in [1.165, 1.54) is 25.3 Å². The third kappa shape index (κ3) is 6.02. The van der Waals surface area contributed by atoms with E-state index in [9.17, 15) is 18.4 Å². The van der Waals surface area contributed by atoms with E-state index >= 15 is 0 Å². The summed E-state index contributed by atoms with van der Waals surface area (Å²) in [7, 11) is 1.40. The molecule has 0 bridgehead atoms. The molecule has 1 aromatic carbocycles. The molecule has 0 radical (unpaired) electrons. The Hall–Kier alpha value is -2.38. The highest BCUT2D eigenvalue weighted by Gasteiger charge is 2.25. The first-order chi connectivity index (χ1) is 11.2. The molecule has 0 saturated heterocycles. The van der Waals surface area contributed by atoms with Gasteiger partial charge in [0.1, 0.15) is 6.04 Å². The number of carboxylic acids is 1. The van der Waals surface area contributed by atoms with Crippen LogP contribution in [0, 0.1) is 5.92 Å². The minimum absolute atomic E-state index is 0.0873. The largest absolute Gasteiger partial charge is 0.493 e. The fraction of sp³-hybridized carbons (Fsp3) is 0.500. The third-order valence-corrected chi connectivity index (χ3v) is 3.02. The van der Waals surface area contributed by atoms with Gasteiger partial charge in [0, 0.05) is 12.0 Å². The maximum atomic E-state index is 12.4. The van der Waals surface area contributed by atoms with Crippen molar-refractivity contribution in [3.8, 4) is 11.5 Å². The van der Waals surface area contributed by atoms with Gasteiger partial charge in [-0.15, -0.1) is 0 Å². The SMILES string of the molecule is COc1cc(C(=O)NC(CC(F)F)C(=O)O)ccc1OCC(C)C. The lowest BCUT2D eigenvalue weighted by Crippen LogP contribution is -2.42. The quantitative estimate of drug-likeness (QED) is 0.718. The standard InChI is InChI=1S/C16H21F2NO5/c1-9(2)8-24-12-5-4-10(6-13(12)23-3)15(20)19-11(16(21)22)7-14(17)18/h4-6,9,11,14H,7-8H2,1-3H3,(H,19,20)(H,21,22). The third-order valence-electron chi connectivity index (χ3n) is 3.02. The van der Waals surface area contributed by atoms with Crippen LogP contribution in [0.4, 0.5) is 8.78 Å². The Balaban J connectivity index is 2.88. The van der Waals surface area contributed by atoms with Crippen LogP contribution in [0.25, 0.3) is 0 Å². The Morgan fingerprint density at radius 2 is 1.92 bits per heavy atom. The molecule has 2 N–H and O–H groups in total. The average Bonchev–Trinajstić information content (AvgIpc) is 2.51. The van der Waals surface area contributed by atoms with Crippen molar-refractivity contribution in [1.82, 2.24) is 5.32 Å². The van der Waals surface area contributed by atoms with Crippen LogP contribution >= 0.6 is 0 Å². The molecule has 24 heavy (non-hydrogen) atoms. The molecule has 6 nitrogen and oxygen atoms in total. The molecule has 8 heteroatoms. The molecule has 0 fully saturated rings. The van der Waals surface area contributed by atoms with Gasteiger partial charge in [0.15, 0.2) is 11.5 Å². The molecule has 1 amide bonds. The van der Waals surface area contributed by atoms with E-state index in [2.05, 4.69) is 5.32 Å². The second kappa shape index (κ2) is 9.05. The van der Waals surface area contributed by atoms with Crippen LogP contribution in [0.5, 0.6) is 11.5 Å². The van der Waals surface area contributed by atoms with Crippen molar-refractivity contribution in [1.29, 1.82) is 0 Å². The molecule has 0 aromatic heterocycles. The second-order valence-electron chi connectivity index (χ2n) is 5.56. The number of hydrogen-bond acceptors (Lipinski definition) is 4. The molecule has 0 saturated carbocycles. The van der Waals surface area contributed by atoms with Crippen molar-refractivity contribution in [2.75, 3.05) is 13.7 Å². The van der Waals surface area contributed by atoms with Gasteiger partial charge < -0.3 is 19.9 Å². The van der Waals surface area contributed by atoms with E-state index < -0.39 is 30.8 Å². The molecule has 0 spiro atoms. The summed E-state index contributed by atoms with van der Waals surface area (Å²) in [5.41, 5.74) is 0.0873. The number of carbonyl (C=O) groups excluding carboxylic acids is 1. The van der Waals surface area contributed by atoms with Crippen LogP contribution in [-0.2, 0) is 4.79 Å². The zero-order valence-corrected chi connectivity index (χ0v) is 13.7. The van der Waals surface area contributed by atoms with Gasteiger partial charge >= 0.3 is 5.97 Å². The Morgan fingerprint density at radius 3 is 2.42 bits per heavy atom. The molecule has 1 atom stereocenters. The summed E-state index contributed by atoms with van der Waals surface area (Å²) in [6.45, 7) is 4.41. The van der Waals surface area contributed by atoms with Gasteiger partial charge in [-0.2, -0.15) is 0 Å². The maximum Gasteiger partial charge on any atom is 0.326 e. The number of ether oxygens (including phenoxy) is 2. The molecule has 0 aliphatic heterocycles. The number of aliphatic carboxylic acids is 1. The van der Waals surface area contributed by atoms with Gasteiger partial charge in [0.25, 0.3) is 5.91 Å². The molecule has 1 aromatic rings. The summed E-state index contributed by atoms with van der Waals surface area (Å²) in [5.74, 6) is -1.28. The fourth-order valence-electron chi connectivity index (χ4n) is 1.83. The highest BCUT2D eigenvalue weighted by Crippen LogP contribution is 2.28. The van der Waals surface area contributed by atoms with Crippen LogP contribution in [0.15, 0.2) is 18.2 Å². The van der Waals surface area contributed by atoms with Gasteiger partial charge in [-0.25, -0.2) is 13.6 Å². The number of nitrogens with one attached hydrogen (secondary N) is 1. The number of hydrogen-bond donors (Lipinski definition) is 2. The molecular formula is C16H21F2NO5. The molecule has 0 aliphatic carbocycles. The van der Waals surface area contributed by atoms with Gasteiger partial charge in [-0.3, -0.25) is 4.79 Å². The van der Waals surface area contributed by atoms with E-state index in [1.807, 2.05) is 13.8 Å². The Bertz CT molecular complexity index is 578. The molecule has 1 rings (SSSR count). The second-order valence-corrected chi connectivity index (χ2v) is 5.56. The summed E-state index contributed by atoms with van der Waals surface area (Å²) in [6.07, 6.45) is -3.80. The minimum Gasteiger partial charge on any atom is -0.493 e. The number of benzene rings is 1. The van der Waals surface area contributed by atoms with Crippen LogP contribution in [0.1, 0.15) is 30.6 Å². The minimum atomic E-state index is -2.84. The highest BCUT2D eigenvalue weighted by molar-refractivity contribution is 5.97. The average molecular weight is 345 g/mol. The Kier molecular flexibility index (Phi) is 7.41. The number of alkyl halides is 2. The summed E-state index contributed by atoms with van der Waals surface area (Å²) < 4.78 is 35.4. The Morgan fingerprint density at radius 1 is 1.25 bits per heavy atom. The summed E-state index contributed by atoms with van der Waals surface area (Å²) in [5, 5.41) is 11.0. The smallest absolute Gasteiger partial charge is 0.326 e. The normalized spacial score (nSPS) is 12.1. The highest BCUT2D eigenvalue weighted by atomic mass is 19.3. The molecule has 0 heterocycles. The van der Waals surface area contributed by atoms with E-state index in [0.29, 0.717) is 24.0 Å². The van der Waals surface area contributed by atoms with Crippen LogP contribution in [-0.4, -0.2) is 43.2 Å². The molecule has 1 unspecified atom stereocenters. The maximum absolute atomic E-state index is 12.4. The first-order valence-electron chi connectivity index (χ1n) is 7.37. The van der Waals surface area contributed by atoms with Gasteiger partial charge in [-0.05, 0) is 24.1 Å². The predicted molar refractivity (Wildman–Crippen MR) is 82.8 cm³/mol. The zero-order valence-electron chi connectivity index (χ0n) is 13.7. The first-order valence-corrected chi connectivity index (χ1v) is 7.37. The van der Waals surface area contributed by atoms with Crippen molar-refractivity contribution in [3.63, 3.8) is 0 Å². The van der Waals surface area contributed by atoms with E-state index in [1.54, 1.807) is 0 Å².